The molecular weight excluding hydrogens is 232 g/mol. The van der Waals surface area contributed by atoms with Crippen LogP contribution in [0.5, 0.6) is 0 Å². The first-order chi connectivity index (χ1) is 7.20. The van der Waals surface area contributed by atoms with Gasteiger partial charge in [0.1, 0.15) is 5.88 Å². The molecule has 2 aromatic rings. The summed E-state index contributed by atoms with van der Waals surface area (Å²) in [6.07, 6.45) is 0. The Morgan fingerprint density at radius 1 is 1.60 bits per heavy atom. The number of rotatable bonds is 2. The van der Waals surface area contributed by atoms with Gasteiger partial charge in [-0.3, -0.25) is 4.79 Å². The number of benzene rings is 1. The van der Waals surface area contributed by atoms with Crippen molar-refractivity contribution in [3.63, 3.8) is 0 Å². The second-order valence-electron chi connectivity index (χ2n) is 3.12. The zero-order valence-electron chi connectivity index (χ0n) is 8.08. The molecule has 0 radical (unpaired) electrons. The van der Waals surface area contributed by atoms with E-state index in [2.05, 4.69) is 10.3 Å². The molecule has 1 N–H and O–H groups in total. The van der Waals surface area contributed by atoms with Crippen LogP contribution in [0.1, 0.15) is 5.56 Å². The molecule has 0 aliphatic heterocycles. The van der Waals surface area contributed by atoms with Crippen molar-refractivity contribution in [3.8, 4) is 0 Å². The molecule has 0 aliphatic carbocycles. The van der Waals surface area contributed by atoms with Gasteiger partial charge in [0, 0.05) is 0 Å². The molecule has 1 heterocycles. The van der Waals surface area contributed by atoms with Crippen LogP contribution in [0.4, 0.5) is 5.13 Å². The number of amides is 1. The Morgan fingerprint density at radius 2 is 2.40 bits per heavy atom. The molecule has 78 valence electrons. The molecule has 1 aromatic carbocycles. The van der Waals surface area contributed by atoms with Gasteiger partial charge in [-0.25, -0.2) is 4.98 Å². The lowest BCUT2D eigenvalue weighted by Crippen LogP contribution is -2.11. The van der Waals surface area contributed by atoms with Crippen molar-refractivity contribution < 1.29 is 4.79 Å². The van der Waals surface area contributed by atoms with Crippen LogP contribution in [-0.2, 0) is 4.79 Å². The van der Waals surface area contributed by atoms with Crippen LogP contribution in [0.3, 0.4) is 0 Å². The van der Waals surface area contributed by atoms with E-state index in [0.29, 0.717) is 5.13 Å². The maximum absolute atomic E-state index is 11.1. The first-order valence-electron chi connectivity index (χ1n) is 4.42. The molecule has 1 aromatic heterocycles. The van der Waals surface area contributed by atoms with Gasteiger partial charge in [-0.15, -0.1) is 11.6 Å². The summed E-state index contributed by atoms with van der Waals surface area (Å²) in [6, 6.07) is 5.95. The summed E-state index contributed by atoms with van der Waals surface area (Å²) in [7, 11) is 0. The lowest BCUT2D eigenvalue weighted by molar-refractivity contribution is -0.113. The zero-order valence-corrected chi connectivity index (χ0v) is 9.65. The van der Waals surface area contributed by atoms with Gasteiger partial charge >= 0.3 is 0 Å². The lowest BCUT2D eigenvalue weighted by Gasteiger charge is -1.94. The molecule has 3 nitrogen and oxygen atoms in total. The van der Waals surface area contributed by atoms with Gasteiger partial charge in [0.05, 0.1) is 10.2 Å². The number of aryl methyl sites for hydroxylation is 1. The van der Waals surface area contributed by atoms with Crippen LogP contribution in [-0.4, -0.2) is 16.8 Å². The smallest absolute Gasteiger partial charge is 0.241 e. The van der Waals surface area contributed by atoms with Gasteiger partial charge in [-0.1, -0.05) is 23.5 Å². The number of thiazole rings is 1. The SMILES string of the molecule is Cc1cccc2sc(NC(=O)CCl)nc12. The monoisotopic (exact) mass is 240 g/mol. The predicted octanol–water partition coefficient (Wildman–Crippen LogP) is 2.78. The van der Waals surface area contributed by atoms with E-state index >= 15 is 0 Å². The predicted molar refractivity (Wildman–Crippen MR) is 63.7 cm³/mol. The maximum Gasteiger partial charge on any atom is 0.241 e. The number of alkyl halides is 1. The molecule has 0 saturated heterocycles. The van der Waals surface area contributed by atoms with Crippen molar-refractivity contribution >= 4 is 44.2 Å². The molecule has 0 spiro atoms. The van der Waals surface area contributed by atoms with Crippen molar-refractivity contribution in [2.24, 2.45) is 0 Å². The summed E-state index contributed by atoms with van der Waals surface area (Å²) in [4.78, 5) is 15.4. The van der Waals surface area contributed by atoms with E-state index in [-0.39, 0.29) is 11.8 Å². The van der Waals surface area contributed by atoms with Crippen LogP contribution in [0, 0.1) is 6.92 Å². The Morgan fingerprint density at radius 3 is 3.07 bits per heavy atom. The number of nitrogens with zero attached hydrogens (tertiary/aromatic N) is 1. The Hall–Kier alpha value is -1.13. The van der Waals surface area contributed by atoms with Crippen LogP contribution >= 0.6 is 22.9 Å². The molecule has 0 saturated carbocycles. The fraction of sp³-hybridized carbons (Fsp3) is 0.200. The van der Waals surface area contributed by atoms with Crippen molar-refractivity contribution in [1.29, 1.82) is 0 Å². The number of para-hydroxylation sites is 1. The van der Waals surface area contributed by atoms with Crippen LogP contribution in [0.15, 0.2) is 18.2 Å². The highest BCUT2D eigenvalue weighted by Crippen LogP contribution is 2.27. The first-order valence-corrected chi connectivity index (χ1v) is 5.78. The van der Waals surface area contributed by atoms with Gasteiger partial charge in [0.15, 0.2) is 5.13 Å². The van der Waals surface area contributed by atoms with Gasteiger partial charge in [0.2, 0.25) is 5.91 Å². The minimum absolute atomic E-state index is 0.0467. The number of nitrogens with one attached hydrogen (secondary N) is 1. The highest BCUT2D eigenvalue weighted by molar-refractivity contribution is 7.22. The van der Waals surface area contributed by atoms with Crippen LogP contribution < -0.4 is 5.32 Å². The van der Waals surface area contributed by atoms with Gasteiger partial charge in [0.25, 0.3) is 0 Å². The van der Waals surface area contributed by atoms with Crippen molar-refractivity contribution in [1.82, 2.24) is 4.98 Å². The van der Waals surface area contributed by atoms with Crippen LogP contribution in [0.2, 0.25) is 0 Å². The third-order valence-electron chi connectivity index (χ3n) is 1.99. The van der Waals surface area contributed by atoms with Crippen molar-refractivity contribution in [2.45, 2.75) is 6.92 Å². The summed E-state index contributed by atoms with van der Waals surface area (Å²) in [5.41, 5.74) is 2.04. The van der Waals surface area contributed by atoms with E-state index in [0.717, 1.165) is 15.8 Å². The van der Waals surface area contributed by atoms with Gasteiger partial charge in [-0.05, 0) is 18.6 Å². The maximum atomic E-state index is 11.1. The van der Waals surface area contributed by atoms with E-state index in [1.54, 1.807) is 0 Å². The average molecular weight is 241 g/mol. The number of hydrogen-bond acceptors (Lipinski definition) is 3. The molecule has 0 aliphatic rings. The summed E-state index contributed by atoms with van der Waals surface area (Å²) in [6.45, 7) is 2.00. The molecule has 0 bridgehead atoms. The minimum Gasteiger partial charge on any atom is -0.301 e. The standard InChI is InChI=1S/C10H9ClN2OS/c1-6-3-2-4-7-9(6)13-10(15-7)12-8(14)5-11/h2-4H,5H2,1H3,(H,12,13,14). The second kappa shape index (κ2) is 4.16. The number of carbonyl (C=O) groups is 1. The molecular formula is C10H9ClN2OS. The number of hydrogen-bond donors (Lipinski definition) is 1. The van der Waals surface area contributed by atoms with Gasteiger partial charge in [-0.2, -0.15) is 0 Å². The Labute approximate surface area is 96.1 Å². The average Bonchev–Trinajstić information content (AvgIpc) is 2.62. The number of fused-ring (bicyclic) bond motifs is 1. The summed E-state index contributed by atoms with van der Waals surface area (Å²) >= 11 is 6.85. The quantitative estimate of drug-likeness (QED) is 0.821. The number of anilines is 1. The fourth-order valence-electron chi connectivity index (χ4n) is 1.29. The molecule has 5 heteroatoms. The zero-order chi connectivity index (χ0) is 10.8. The summed E-state index contributed by atoms with van der Waals surface area (Å²) < 4.78 is 1.07. The van der Waals surface area contributed by atoms with E-state index in [1.807, 2.05) is 25.1 Å². The fourth-order valence-corrected chi connectivity index (χ4v) is 2.32. The van der Waals surface area contributed by atoms with E-state index in [9.17, 15) is 4.79 Å². The third-order valence-corrected chi connectivity index (χ3v) is 3.17. The topological polar surface area (TPSA) is 42.0 Å². The Bertz CT molecular complexity index is 509. The van der Waals surface area contributed by atoms with E-state index in [4.69, 9.17) is 11.6 Å². The largest absolute Gasteiger partial charge is 0.301 e. The van der Waals surface area contributed by atoms with Gasteiger partial charge < -0.3 is 5.32 Å². The highest BCUT2D eigenvalue weighted by Gasteiger charge is 2.07. The van der Waals surface area contributed by atoms with E-state index in [1.165, 1.54) is 11.3 Å². The second-order valence-corrected chi connectivity index (χ2v) is 4.42. The Balaban J connectivity index is 2.39. The minimum atomic E-state index is -0.228. The third kappa shape index (κ3) is 2.11. The van der Waals surface area contributed by atoms with E-state index < -0.39 is 0 Å². The molecule has 15 heavy (non-hydrogen) atoms. The number of halogens is 1. The molecule has 0 atom stereocenters. The molecule has 0 unspecified atom stereocenters. The molecule has 0 fully saturated rings. The summed E-state index contributed by atoms with van der Waals surface area (Å²) in [5.74, 6) is -0.275. The molecule has 2 rings (SSSR count). The first kappa shape index (κ1) is 10.4. The summed E-state index contributed by atoms with van der Waals surface area (Å²) in [5, 5.41) is 3.25. The van der Waals surface area contributed by atoms with Crippen LogP contribution in [0.25, 0.3) is 10.2 Å². The van der Waals surface area contributed by atoms with Crippen molar-refractivity contribution in [2.75, 3.05) is 11.2 Å². The molecule has 1 amide bonds. The lowest BCUT2D eigenvalue weighted by atomic mass is 10.2. The Kier molecular flexibility index (Phi) is 2.88. The number of carbonyl (C=O) groups excluding carboxylic acids is 1. The normalized spacial score (nSPS) is 10.5. The number of aromatic nitrogens is 1. The van der Waals surface area contributed by atoms with Crippen molar-refractivity contribution in [3.05, 3.63) is 23.8 Å². The highest BCUT2D eigenvalue weighted by atomic mass is 35.5.